The Hall–Kier alpha value is -1.97. The van der Waals surface area contributed by atoms with Gasteiger partial charge in [-0.05, 0) is 32.0 Å². The average molecular weight is 261 g/mol. The van der Waals surface area contributed by atoms with E-state index in [4.69, 9.17) is 9.15 Å². The lowest BCUT2D eigenvalue weighted by atomic mass is 10.1. The second kappa shape index (κ2) is 5.78. The highest BCUT2D eigenvalue weighted by atomic mass is 16.5. The number of likely N-dealkylation sites (N-methyl/N-ethyl adjacent to an activating group) is 1. The molecule has 0 fully saturated rings. The van der Waals surface area contributed by atoms with E-state index in [9.17, 15) is 4.79 Å². The molecule has 2 aromatic rings. The first-order valence-corrected chi connectivity index (χ1v) is 6.51. The fraction of sp³-hybridized carbons (Fsp3) is 0.400. The summed E-state index contributed by atoms with van der Waals surface area (Å²) in [4.78, 5) is 13.9. The van der Waals surface area contributed by atoms with Gasteiger partial charge in [-0.3, -0.25) is 4.79 Å². The molecule has 0 radical (unpaired) electrons. The number of hydrogen-bond acceptors (Lipinski definition) is 3. The van der Waals surface area contributed by atoms with Crippen LogP contribution >= 0.6 is 0 Å². The standard InChI is InChI=1S/C15H19NO3/c1-4-16(5-2)15(17)8-11-10-19-14-7-6-12(18-3)9-13(11)14/h6-7,9-10H,4-5,8H2,1-3H3. The smallest absolute Gasteiger partial charge is 0.227 e. The highest BCUT2D eigenvalue weighted by Gasteiger charge is 2.14. The van der Waals surface area contributed by atoms with Gasteiger partial charge in [-0.25, -0.2) is 0 Å². The Kier molecular flexibility index (Phi) is 4.10. The normalized spacial score (nSPS) is 10.7. The summed E-state index contributed by atoms with van der Waals surface area (Å²) in [6, 6.07) is 5.62. The molecule has 1 amide bonds. The van der Waals surface area contributed by atoms with Gasteiger partial charge in [0.25, 0.3) is 0 Å². The van der Waals surface area contributed by atoms with Crippen molar-refractivity contribution in [2.24, 2.45) is 0 Å². The van der Waals surface area contributed by atoms with Crippen molar-refractivity contribution in [3.8, 4) is 5.75 Å². The van der Waals surface area contributed by atoms with Crippen molar-refractivity contribution in [2.45, 2.75) is 20.3 Å². The third-order valence-corrected chi connectivity index (χ3v) is 3.32. The van der Waals surface area contributed by atoms with E-state index in [1.807, 2.05) is 36.9 Å². The van der Waals surface area contributed by atoms with Crippen molar-refractivity contribution in [2.75, 3.05) is 20.2 Å². The van der Waals surface area contributed by atoms with Crippen LogP contribution in [0.15, 0.2) is 28.9 Å². The minimum absolute atomic E-state index is 0.121. The van der Waals surface area contributed by atoms with E-state index < -0.39 is 0 Å². The largest absolute Gasteiger partial charge is 0.497 e. The van der Waals surface area contributed by atoms with E-state index in [-0.39, 0.29) is 5.91 Å². The molecule has 4 nitrogen and oxygen atoms in total. The van der Waals surface area contributed by atoms with Gasteiger partial charge in [0, 0.05) is 24.0 Å². The van der Waals surface area contributed by atoms with E-state index in [0.29, 0.717) is 6.42 Å². The maximum atomic E-state index is 12.1. The van der Waals surface area contributed by atoms with Crippen molar-refractivity contribution in [3.63, 3.8) is 0 Å². The van der Waals surface area contributed by atoms with Crippen LogP contribution in [0, 0.1) is 0 Å². The summed E-state index contributed by atoms with van der Waals surface area (Å²) in [6.07, 6.45) is 2.02. The first kappa shape index (κ1) is 13.5. The van der Waals surface area contributed by atoms with Crippen LogP contribution in [-0.4, -0.2) is 31.0 Å². The van der Waals surface area contributed by atoms with Crippen LogP contribution in [0.5, 0.6) is 5.75 Å². The summed E-state index contributed by atoms with van der Waals surface area (Å²) in [5.41, 5.74) is 1.69. The van der Waals surface area contributed by atoms with E-state index in [2.05, 4.69) is 0 Å². The fourth-order valence-corrected chi connectivity index (χ4v) is 2.18. The summed E-state index contributed by atoms with van der Waals surface area (Å²) >= 11 is 0. The monoisotopic (exact) mass is 261 g/mol. The SMILES string of the molecule is CCN(CC)C(=O)Cc1coc2ccc(OC)cc12. The Labute approximate surface area is 112 Å². The molecule has 0 saturated carbocycles. The van der Waals surface area contributed by atoms with Gasteiger partial charge in [0.1, 0.15) is 11.3 Å². The van der Waals surface area contributed by atoms with Crippen molar-refractivity contribution in [1.29, 1.82) is 0 Å². The molecule has 0 atom stereocenters. The van der Waals surface area contributed by atoms with Crippen LogP contribution in [-0.2, 0) is 11.2 Å². The third-order valence-electron chi connectivity index (χ3n) is 3.32. The fourth-order valence-electron chi connectivity index (χ4n) is 2.18. The summed E-state index contributed by atoms with van der Waals surface area (Å²) in [6.45, 7) is 5.43. The molecule has 0 aliphatic heterocycles. The number of ether oxygens (including phenoxy) is 1. The molecule has 1 aromatic carbocycles. The molecular weight excluding hydrogens is 242 g/mol. The Balaban J connectivity index is 2.27. The Morgan fingerprint density at radius 1 is 1.32 bits per heavy atom. The number of carbonyl (C=O) groups excluding carboxylic acids is 1. The van der Waals surface area contributed by atoms with Crippen LogP contribution in [0.25, 0.3) is 11.0 Å². The Morgan fingerprint density at radius 2 is 2.05 bits per heavy atom. The van der Waals surface area contributed by atoms with E-state index >= 15 is 0 Å². The number of benzene rings is 1. The second-order valence-corrected chi connectivity index (χ2v) is 4.37. The van der Waals surface area contributed by atoms with Crippen LogP contribution in [0.2, 0.25) is 0 Å². The molecule has 0 unspecified atom stereocenters. The van der Waals surface area contributed by atoms with Gasteiger partial charge in [-0.15, -0.1) is 0 Å². The van der Waals surface area contributed by atoms with Gasteiger partial charge < -0.3 is 14.1 Å². The van der Waals surface area contributed by atoms with Crippen molar-refractivity contribution in [1.82, 2.24) is 4.90 Å². The Morgan fingerprint density at radius 3 is 2.68 bits per heavy atom. The zero-order valence-corrected chi connectivity index (χ0v) is 11.6. The van der Waals surface area contributed by atoms with Gasteiger partial charge in [0.15, 0.2) is 0 Å². The predicted octanol–water partition coefficient (Wildman–Crippen LogP) is 2.85. The molecule has 19 heavy (non-hydrogen) atoms. The topological polar surface area (TPSA) is 42.7 Å². The van der Waals surface area contributed by atoms with E-state index in [1.54, 1.807) is 13.4 Å². The van der Waals surface area contributed by atoms with Crippen LogP contribution in [0.1, 0.15) is 19.4 Å². The van der Waals surface area contributed by atoms with E-state index in [0.717, 1.165) is 35.4 Å². The lowest BCUT2D eigenvalue weighted by Gasteiger charge is -2.18. The molecule has 0 N–H and O–H groups in total. The van der Waals surface area contributed by atoms with Gasteiger partial charge in [-0.1, -0.05) is 0 Å². The molecule has 2 rings (SSSR count). The van der Waals surface area contributed by atoms with E-state index in [1.165, 1.54) is 0 Å². The molecule has 0 aliphatic carbocycles. The Bertz CT molecular complexity index is 570. The number of methoxy groups -OCH3 is 1. The van der Waals surface area contributed by atoms with Gasteiger partial charge in [-0.2, -0.15) is 0 Å². The number of rotatable bonds is 5. The minimum atomic E-state index is 0.121. The second-order valence-electron chi connectivity index (χ2n) is 4.37. The zero-order chi connectivity index (χ0) is 13.8. The summed E-state index contributed by atoms with van der Waals surface area (Å²) in [7, 11) is 1.63. The first-order valence-electron chi connectivity index (χ1n) is 6.51. The maximum absolute atomic E-state index is 12.1. The molecule has 0 saturated heterocycles. The number of fused-ring (bicyclic) bond motifs is 1. The minimum Gasteiger partial charge on any atom is -0.497 e. The molecule has 4 heteroatoms. The molecule has 0 aliphatic rings. The molecule has 1 aromatic heterocycles. The molecular formula is C15H19NO3. The van der Waals surface area contributed by atoms with Gasteiger partial charge in [0.2, 0.25) is 5.91 Å². The highest BCUT2D eigenvalue weighted by Crippen LogP contribution is 2.26. The summed E-state index contributed by atoms with van der Waals surface area (Å²) in [5, 5.41) is 0.944. The molecule has 102 valence electrons. The number of furan rings is 1. The summed E-state index contributed by atoms with van der Waals surface area (Å²) < 4.78 is 10.7. The van der Waals surface area contributed by atoms with Crippen molar-refractivity contribution < 1.29 is 13.9 Å². The van der Waals surface area contributed by atoms with Crippen LogP contribution in [0.3, 0.4) is 0 Å². The van der Waals surface area contributed by atoms with Crippen molar-refractivity contribution in [3.05, 3.63) is 30.0 Å². The number of hydrogen-bond donors (Lipinski definition) is 0. The molecule has 0 spiro atoms. The number of nitrogens with zero attached hydrogens (tertiary/aromatic N) is 1. The first-order chi connectivity index (χ1) is 9.19. The van der Waals surface area contributed by atoms with Crippen LogP contribution < -0.4 is 4.74 Å². The lowest BCUT2D eigenvalue weighted by Crippen LogP contribution is -2.31. The number of amides is 1. The maximum Gasteiger partial charge on any atom is 0.227 e. The predicted molar refractivity (Wildman–Crippen MR) is 74.4 cm³/mol. The van der Waals surface area contributed by atoms with Crippen molar-refractivity contribution >= 4 is 16.9 Å². The molecule has 1 heterocycles. The molecule has 0 bridgehead atoms. The zero-order valence-electron chi connectivity index (χ0n) is 11.6. The lowest BCUT2D eigenvalue weighted by molar-refractivity contribution is -0.130. The van der Waals surface area contributed by atoms with Gasteiger partial charge in [0.05, 0.1) is 19.8 Å². The summed E-state index contributed by atoms with van der Waals surface area (Å²) in [5.74, 6) is 0.890. The average Bonchev–Trinajstić information content (AvgIpc) is 2.82. The quantitative estimate of drug-likeness (QED) is 0.831. The third kappa shape index (κ3) is 2.72. The highest BCUT2D eigenvalue weighted by molar-refractivity contribution is 5.88. The van der Waals surface area contributed by atoms with Crippen LogP contribution in [0.4, 0.5) is 0 Å². The number of carbonyl (C=O) groups is 1. The van der Waals surface area contributed by atoms with Gasteiger partial charge >= 0.3 is 0 Å².